The highest BCUT2D eigenvalue weighted by Gasteiger charge is 2.10. The summed E-state index contributed by atoms with van der Waals surface area (Å²) in [6, 6.07) is 8.96. The lowest BCUT2D eigenvalue weighted by Gasteiger charge is -2.14. The van der Waals surface area contributed by atoms with Crippen molar-refractivity contribution in [3.05, 3.63) is 30.1 Å². The number of nitrogens with one attached hydrogen (secondary N) is 1. The number of thioether (sulfide) groups is 1. The van der Waals surface area contributed by atoms with Crippen LogP contribution < -0.4 is 5.32 Å². The summed E-state index contributed by atoms with van der Waals surface area (Å²) in [6.07, 6.45) is 4.50. The Balaban J connectivity index is 2.10. The minimum absolute atomic E-state index is 0.539. The summed E-state index contributed by atoms with van der Waals surface area (Å²) in [5.41, 5.74) is 2.36. The van der Waals surface area contributed by atoms with Gasteiger partial charge in [-0.25, -0.2) is 4.98 Å². The molecule has 0 bridgehead atoms. The van der Waals surface area contributed by atoms with Crippen LogP contribution >= 0.6 is 11.8 Å². The Morgan fingerprint density at radius 1 is 1.35 bits per heavy atom. The van der Waals surface area contributed by atoms with Gasteiger partial charge in [0.1, 0.15) is 5.82 Å². The summed E-state index contributed by atoms with van der Waals surface area (Å²) in [5.74, 6) is 2.36. The van der Waals surface area contributed by atoms with Crippen LogP contribution in [0.5, 0.6) is 0 Å². The van der Waals surface area contributed by atoms with Gasteiger partial charge in [0.15, 0.2) is 0 Å². The molecule has 1 unspecified atom stereocenters. The van der Waals surface area contributed by atoms with Gasteiger partial charge in [0.25, 0.3) is 0 Å². The van der Waals surface area contributed by atoms with Crippen molar-refractivity contribution in [1.82, 2.24) is 14.9 Å². The number of benzene rings is 1. The normalized spacial score (nSPS) is 12.9. The number of aryl methyl sites for hydroxylation is 1. The first-order valence-corrected chi connectivity index (χ1v) is 8.82. The fourth-order valence-corrected chi connectivity index (χ4v) is 2.98. The van der Waals surface area contributed by atoms with Gasteiger partial charge >= 0.3 is 0 Å². The van der Waals surface area contributed by atoms with Gasteiger partial charge in [-0.2, -0.15) is 11.8 Å². The Bertz CT molecular complexity index is 536. The molecule has 4 heteroatoms. The van der Waals surface area contributed by atoms with Crippen LogP contribution in [0.3, 0.4) is 0 Å². The summed E-state index contributed by atoms with van der Waals surface area (Å²) in [5, 5.41) is 3.60. The van der Waals surface area contributed by atoms with Crippen LogP contribution in [-0.4, -0.2) is 27.6 Å². The lowest BCUT2D eigenvalue weighted by atomic mass is 10.2. The zero-order valence-electron chi connectivity index (χ0n) is 12.7. The van der Waals surface area contributed by atoms with Crippen LogP contribution in [-0.2, 0) is 13.1 Å². The van der Waals surface area contributed by atoms with E-state index in [2.05, 4.69) is 54.3 Å². The van der Waals surface area contributed by atoms with Crippen LogP contribution in [0.1, 0.15) is 32.5 Å². The van der Waals surface area contributed by atoms with Crippen molar-refractivity contribution in [3.63, 3.8) is 0 Å². The van der Waals surface area contributed by atoms with Crippen LogP contribution in [0.2, 0.25) is 0 Å². The maximum Gasteiger partial charge on any atom is 0.123 e. The van der Waals surface area contributed by atoms with Gasteiger partial charge in [-0.3, -0.25) is 0 Å². The van der Waals surface area contributed by atoms with Gasteiger partial charge in [0.05, 0.1) is 17.6 Å². The van der Waals surface area contributed by atoms with E-state index < -0.39 is 0 Å². The lowest BCUT2D eigenvalue weighted by molar-refractivity contribution is 0.511. The fraction of sp³-hybridized carbons (Fsp3) is 0.562. The molecule has 0 saturated heterocycles. The molecule has 0 radical (unpaired) electrons. The first kappa shape index (κ1) is 15.4. The molecule has 20 heavy (non-hydrogen) atoms. The zero-order valence-corrected chi connectivity index (χ0v) is 13.5. The molecule has 1 N–H and O–H groups in total. The molecule has 1 atom stereocenters. The van der Waals surface area contributed by atoms with Crippen molar-refractivity contribution in [3.8, 4) is 0 Å². The number of rotatable bonds is 8. The van der Waals surface area contributed by atoms with E-state index in [0.717, 1.165) is 30.9 Å². The monoisotopic (exact) mass is 291 g/mol. The molecule has 0 aliphatic heterocycles. The number of hydrogen-bond acceptors (Lipinski definition) is 3. The third-order valence-corrected chi connectivity index (χ3v) is 4.19. The van der Waals surface area contributed by atoms with E-state index in [1.807, 2.05) is 11.8 Å². The van der Waals surface area contributed by atoms with Crippen molar-refractivity contribution >= 4 is 22.8 Å². The van der Waals surface area contributed by atoms with Crippen LogP contribution in [0.25, 0.3) is 11.0 Å². The second-order valence-electron chi connectivity index (χ2n) is 5.23. The molecule has 110 valence electrons. The van der Waals surface area contributed by atoms with E-state index in [0.29, 0.717) is 6.04 Å². The Morgan fingerprint density at radius 3 is 2.90 bits per heavy atom. The summed E-state index contributed by atoms with van der Waals surface area (Å²) in [6.45, 7) is 6.36. The third kappa shape index (κ3) is 3.76. The smallest absolute Gasteiger partial charge is 0.123 e. The first-order chi connectivity index (χ1) is 9.76. The molecule has 0 fully saturated rings. The van der Waals surface area contributed by atoms with Crippen molar-refractivity contribution in [2.45, 2.75) is 45.8 Å². The number of aromatic nitrogens is 2. The minimum atomic E-state index is 0.539. The molecular formula is C16H25N3S. The SMILES string of the molecule is CCCn1c(CNC(C)CCSC)nc2ccccc21. The fourth-order valence-electron chi connectivity index (χ4n) is 2.40. The summed E-state index contributed by atoms with van der Waals surface area (Å²) < 4.78 is 2.35. The highest BCUT2D eigenvalue weighted by Crippen LogP contribution is 2.16. The van der Waals surface area contributed by atoms with Crippen molar-refractivity contribution < 1.29 is 0 Å². The summed E-state index contributed by atoms with van der Waals surface area (Å²) in [7, 11) is 0. The predicted molar refractivity (Wildman–Crippen MR) is 89.3 cm³/mol. The van der Waals surface area contributed by atoms with Gasteiger partial charge in [0.2, 0.25) is 0 Å². The van der Waals surface area contributed by atoms with E-state index in [9.17, 15) is 0 Å². The number of fused-ring (bicyclic) bond motifs is 1. The van der Waals surface area contributed by atoms with Gasteiger partial charge < -0.3 is 9.88 Å². The Kier molecular flexibility index (Phi) is 5.92. The molecule has 0 amide bonds. The Morgan fingerprint density at radius 2 is 2.15 bits per heavy atom. The average molecular weight is 291 g/mol. The third-order valence-electron chi connectivity index (χ3n) is 3.54. The Labute approximate surface area is 126 Å². The van der Waals surface area contributed by atoms with E-state index in [-0.39, 0.29) is 0 Å². The standard InChI is InChI=1S/C16H25N3S/c1-4-10-19-15-8-6-5-7-14(15)18-16(19)12-17-13(2)9-11-20-3/h5-8,13,17H,4,9-12H2,1-3H3. The molecule has 3 nitrogen and oxygen atoms in total. The minimum Gasteiger partial charge on any atom is -0.327 e. The average Bonchev–Trinajstić information content (AvgIpc) is 2.81. The number of para-hydroxylation sites is 2. The first-order valence-electron chi connectivity index (χ1n) is 7.42. The molecule has 1 heterocycles. The summed E-state index contributed by atoms with van der Waals surface area (Å²) in [4.78, 5) is 4.78. The molecule has 0 aliphatic rings. The number of nitrogens with zero attached hydrogens (tertiary/aromatic N) is 2. The molecular weight excluding hydrogens is 266 g/mol. The number of imidazole rings is 1. The second-order valence-corrected chi connectivity index (χ2v) is 6.22. The zero-order chi connectivity index (χ0) is 14.4. The van der Waals surface area contributed by atoms with Crippen LogP contribution in [0.4, 0.5) is 0 Å². The van der Waals surface area contributed by atoms with Gasteiger partial charge in [-0.1, -0.05) is 19.1 Å². The summed E-state index contributed by atoms with van der Waals surface area (Å²) >= 11 is 1.91. The van der Waals surface area contributed by atoms with E-state index in [1.54, 1.807) is 0 Å². The van der Waals surface area contributed by atoms with Crippen LogP contribution in [0, 0.1) is 0 Å². The molecule has 2 aromatic rings. The molecule has 0 aliphatic carbocycles. The van der Waals surface area contributed by atoms with E-state index in [4.69, 9.17) is 4.98 Å². The van der Waals surface area contributed by atoms with Crippen molar-refractivity contribution in [2.24, 2.45) is 0 Å². The topological polar surface area (TPSA) is 29.9 Å². The molecule has 0 spiro atoms. The van der Waals surface area contributed by atoms with E-state index in [1.165, 1.54) is 17.7 Å². The van der Waals surface area contributed by atoms with E-state index >= 15 is 0 Å². The maximum absolute atomic E-state index is 4.78. The maximum atomic E-state index is 4.78. The molecule has 1 aromatic heterocycles. The van der Waals surface area contributed by atoms with Crippen LogP contribution in [0.15, 0.2) is 24.3 Å². The van der Waals surface area contributed by atoms with Crippen molar-refractivity contribution in [2.75, 3.05) is 12.0 Å². The van der Waals surface area contributed by atoms with Gasteiger partial charge in [-0.05, 0) is 43.9 Å². The second kappa shape index (κ2) is 7.70. The predicted octanol–water partition coefficient (Wildman–Crippen LogP) is 3.68. The quantitative estimate of drug-likeness (QED) is 0.804. The molecule has 1 aromatic carbocycles. The Hall–Kier alpha value is -1.00. The van der Waals surface area contributed by atoms with Gasteiger partial charge in [0, 0.05) is 12.6 Å². The molecule has 0 saturated carbocycles. The highest BCUT2D eigenvalue weighted by atomic mass is 32.2. The molecule has 2 rings (SSSR count). The van der Waals surface area contributed by atoms with Gasteiger partial charge in [-0.15, -0.1) is 0 Å². The largest absolute Gasteiger partial charge is 0.327 e. The number of hydrogen-bond donors (Lipinski definition) is 1. The lowest BCUT2D eigenvalue weighted by Crippen LogP contribution is -2.27. The highest BCUT2D eigenvalue weighted by molar-refractivity contribution is 7.98. The van der Waals surface area contributed by atoms with Crippen molar-refractivity contribution in [1.29, 1.82) is 0 Å².